The zero-order valence-corrected chi connectivity index (χ0v) is 10.0. The maximum atomic E-state index is 10.4. The third-order valence-electron chi connectivity index (χ3n) is 1.76. The highest BCUT2D eigenvalue weighted by molar-refractivity contribution is 9.10. The molecule has 1 unspecified atom stereocenters. The van der Waals surface area contributed by atoms with Crippen molar-refractivity contribution in [3.05, 3.63) is 27.7 Å². The highest BCUT2D eigenvalue weighted by Gasteiger charge is 2.10. The molecule has 0 heterocycles. The number of anilines is 1. The van der Waals surface area contributed by atoms with Gasteiger partial charge in [-0.3, -0.25) is 4.79 Å². The number of hydrogen-bond acceptors (Lipinski definition) is 3. The number of carboxylic acids is 1. The molecule has 0 fully saturated rings. The van der Waals surface area contributed by atoms with Crippen molar-refractivity contribution in [1.29, 1.82) is 0 Å². The lowest BCUT2D eigenvalue weighted by Gasteiger charge is -2.10. The van der Waals surface area contributed by atoms with E-state index in [-0.39, 0.29) is 6.54 Å². The van der Waals surface area contributed by atoms with Crippen LogP contribution in [0.15, 0.2) is 22.7 Å². The van der Waals surface area contributed by atoms with Crippen LogP contribution >= 0.6 is 27.5 Å². The van der Waals surface area contributed by atoms with Gasteiger partial charge in [0.25, 0.3) is 0 Å². The normalized spacial score (nSPS) is 12.2. The molecule has 0 aliphatic heterocycles. The van der Waals surface area contributed by atoms with Crippen LogP contribution in [0, 0.1) is 0 Å². The van der Waals surface area contributed by atoms with Crippen LogP contribution in [0.25, 0.3) is 0 Å². The summed E-state index contributed by atoms with van der Waals surface area (Å²) >= 11 is 9.06. The number of nitrogens with two attached hydrogens (primary N) is 1. The van der Waals surface area contributed by atoms with E-state index in [1.807, 2.05) is 0 Å². The van der Waals surface area contributed by atoms with Crippen LogP contribution < -0.4 is 11.1 Å². The first-order valence-electron chi connectivity index (χ1n) is 4.18. The number of carbonyl (C=O) groups is 1. The molecular weight excluding hydrogens is 283 g/mol. The Bertz CT molecular complexity index is 373. The number of benzene rings is 1. The van der Waals surface area contributed by atoms with E-state index in [0.29, 0.717) is 5.02 Å². The minimum Gasteiger partial charge on any atom is -0.480 e. The number of rotatable bonds is 4. The minimum atomic E-state index is -1.03. The molecule has 0 aliphatic carbocycles. The standard InChI is InChI=1S/C9H10BrClN2O2/c10-6-3-5(1-2-7(6)11)13-4-8(12)9(14)15/h1-3,8,13H,4,12H2,(H,14,15). The van der Waals surface area contributed by atoms with Crippen molar-refractivity contribution < 1.29 is 9.90 Å². The Morgan fingerprint density at radius 3 is 2.87 bits per heavy atom. The fraction of sp³-hybridized carbons (Fsp3) is 0.222. The minimum absolute atomic E-state index is 0.170. The molecule has 1 aromatic rings. The van der Waals surface area contributed by atoms with Crippen LogP contribution in [0.1, 0.15) is 0 Å². The van der Waals surface area contributed by atoms with Crippen LogP contribution in [0.4, 0.5) is 5.69 Å². The van der Waals surface area contributed by atoms with Crippen molar-refractivity contribution >= 4 is 39.2 Å². The Labute approximate surface area is 101 Å². The Balaban J connectivity index is 2.58. The Morgan fingerprint density at radius 2 is 2.33 bits per heavy atom. The summed E-state index contributed by atoms with van der Waals surface area (Å²) in [6.07, 6.45) is 0. The number of halogens is 2. The molecule has 0 saturated carbocycles. The Morgan fingerprint density at radius 1 is 1.67 bits per heavy atom. The van der Waals surface area contributed by atoms with E-state index in [0.717, 1.165) is 10.2 Å². The number of carboxylic acid groups (broad SMARTS) is 1. The molecule has 6 heteroatoms. The third-order valence-corrected chi connectivity index (χ3v) is 2.98. The lowest BCUT2D eigenvalue weighted by Crippen LogP contribution is -2.36. The summed E-state index contributed by atoms with van der Waals surface area (Å²) in [5.41, 5.74) is 6.10. The molecule has 0 amide bonds. The van der Waals surface area contributed by atoms with Crippen molar-refractivity contribution in [1.82, 2.24) is 0 Å². The molecule has 0 saturated heterocycles. The summed E-state index contributed by atoms with van der Waals surface area (Å²) in [6.45, 7) is 0.170. The van der Waals surface area contributed by atoms with E-state index in [4.69, 9.17) is 22.4 Å². The average Bonchev–Trinajstić information content (AvgIpc) is 2.19. The van der Waals surface area contributed by atoms with Crippen molar-refractivity contribution in [2.45, 2.75) is 6.04 Å². The molecule has 15 heavy (non-hydrogen) atoms. The van der Waals surface area contributed by atoms with E-state index in [9.17, 15) is 4.79 Å². The molecule has 4 N–H and O–H groups in total. The second kappa shape index (κ2) is 5.34. The fourth-order valence-corrected chi connectivity index (χ4v) is 1.42. The topological polar surface area (TPSA) is 75.3 Å². The monoisotopic (exact) mass is 292 g/mol. The van der Waals surface area contributed by atoms with Gasteiger partial charge in [0.05, 0.1) is 5.02 Å². The fourth-order valence-electron chi connectivity index (χ4n) is 0.921. The van der Waals surface area contributed by atoms with E-state index in [1.165, 1.54) is 0 Å². The molecule has 0 radical (unpaired) electrons. The van der Waals surface area contributed by atoms with E-state index >= 15 is 0 Å². The van der Waals surface area contributed by atoms with Gasteiger partial charge in [0, 0.05) is 16.7 Å². The van der Waals surface area contributed by atoms with Crippen molar-refractivity contribution in [2.24, 2.45) is 5.73 Å². The molecule has 1 aromatic carbocycles. The molecule has 0 aromatic heterocycles. The maximum absolute atomic E-state index is 10.4. The quantitative estimate of drug-likeness (QED) is 0.793. The second-order valence-corrected chi connectivity index (χ2v) is 4.22. The zero-order chi connectivity index (χ0) is 11.4. The maximum Gasteiger partial charge on any atom is 0.322 e. The zero-order valence-electron chi connectivity index (χ0n) is 7.71. The van der Waals surface area contributed by atoms with Gasteiger partial charge in [-0.2, -0.15) is 0 Å². The van der Waals surface area contributed by atoms with E-state index in [1.54, 1.807) is 18.2 Å². The van der Waals surface area contributed by atoms with Gasteiger partial charge in [0.15, 0.2) is 0 Å². The van der Waals surface area contributed by atoms with Crippen LogP contribution in [-0.2, 0) is 4.79 Å². The highest BCUT2D eigenvalue weighted by atomic mass is 79.9. The molecule has 0 aliphatic rings. The van der Waals surface area contributed by atoms with Gasteiger partial charge in [-0.1, -0.05) is 11.6 Å². The molecule has 1 atom stereocenters. The average molecular weight is 294 g/mol. The molecule has 0 spiro atoms. The van der Waals surface area contributed by atoms with Crippen molar-refractivity contribution in [3.8, 4) is 0 Å². The van der Waals surface area contributed by atoms with Gasteiger partial charge in [-0.05, 0) is 34.1 Å². The molecule has 1 rings (SSSR count). The molecule has 0 bridgehead atoms. The first-order valence-corrected chi connectivity index (χ1v) is 5.35. The first kappa shape index (κ1) is 12.3. The van der Waals surface area contributed by atoms with Crippen LogP contribution in [0.2, 0.25) is 5.02 Å². The van der Waals surface area contributed by atoms with Gasteiger partial charge < -0.3 is 16.2 Å². The Hall–Kier alpha value is -0.780. The van der Waals surface area contributed by atoms with Crippen LogP contribution in [-0.4, -0.2) is 23.7 Å². The van der Waals surface area contributed by atoms with Gasteiger partial charge >= 0.3 is 5.97 Å². The summed E-state index contributed by atoms with van der Waals surface area (Å²) in [7, 11) is 0. The van der Waals surface area contributed by atoms with Gasteiger partial charge in [-0.15, -0.1) is 0 Å². The SMILES string of the molecule is NC(CNc1ccc(Cl)c(Br)c1)C(=O)O. The summed E-state index contributed by atoms with van der Waals surface area (Å²) in [5.74, 6) is -1.03. The first-order chi connectivity index (χ1) is 7.00. The van der Waals surface area contributed by atoms with Crippen molar-refractivity contribution in [3.63, 3.8) is 0 Å². The smallest absolute Gasteiger partial charge is 0.322 e. The number of hydrogen-bond donors (Lipinski definition) is 3. The molecular formula is C9H10BrClN2O2. The predicted octanol–water partition coefficient (Wildman–Crippen LogP) is 1.93. The molecule has 4 nitrogen and oxygen atoms in total. The Kier molecular flexibility index (Phi) is 4.38. The summed E-state index contributed by atoms with van der Waals surface area (Å²) in [6, 6.07) is 4.30. The second-order valence-electron chi connectivity index (χ2n) is 2.95. The largest absolute Gasteiger partial charge is 0.480 e. The van der Waals surface area contributed by atoms with Gasteiger partial charge in [0.1, 0.15) is 6.04 Å². The van der Waals surface area contributed by atoms with E-state index in [2.05, 4.69) is 21.2 Å². The summed E-state index contributed by atoms with van der Waals surface area (Å²) in [5, 5.41) is 12.1. The number of aliphatic carboxylic acids is 1. The third kappa shape index (κ3) is 3.70. The summed E-state index contributed by atoms with van der Waals surface area (Å²) < 4.78 is 0.748. The summed E-state index contributed by atoms with van der Waals surface area (Å²) in [4.78, 5) is 10.4. The lowest BCUT2D eigenvalue weighted by atomic mass is 10.3. The molecule has 82 valence electrons. The van der Waals surface area contributed by atoms with Gasteiger partial charge in [0.2, 0.25) is 0 Å². The predicted molar refractivity (Wildman–Crippen MR) is 63.3 cm³/mol. The van der Waals surface area contributed by atoms with Gasteiger partial charge in [-0.25, -0.2) is 0 Å². The van der Waals surface area contributed by atoms with Crippen LogP contribution in [0.5, 0.6) is 0 Å². The van der Waals surface area contributed by atoms with Crippen LogP contribution in [0.3, 0.4) is 0 Å². The van der Waals surface area contributed by atoms with Crippen molar-refractivity contribution in [2.75, 3.05) is 11.9 Å². The lowest BCUT2D eigenvalue weighted by molar-refractivity contribution is -0.138. The highest BCUT2D eigenvalue weighted by Crippen LogP contribution is 2.25. The van der Waals surface area contributed by atoms with E-state index < -0.39 is 12.0 Å². The number of nitrogens with one attached hydrogen (secondary N) is 1.